The lowest BCUT2D eigenvalue weighted by Crippen LogP contribution is -2.20. The Labute approximate surface area is 178 Å². The number of halogens is 3. The van der Waals surface area contributed by atoms with E-state index in [1.54, 1.807) is 12.1 Å². The number of rotatable bonds is 10. The van der Waals surface area contributed by atoms with Gasteiger partial charge in [0, 0.05) is 24.1 Å². The van der Waals surface area contributed by atoms with Gasteiger partial charge in [0.05, 0.1) is 18.4 Å². The number of carbonyl (C=O) groups is 2. The summed E-state index contributed by atoms with van der Waals surface area (Å²) in [6.07, 6.45) is -1.50. The molecule has 2 amide bonds. The zero-order valence-electron chi connectivity index (χ0n) is 17.0. The maximum absolute atomic E-state index is 12.7. The quantitative estimate of drug-likeness (QED) is 0.321. The van der Waals surface area contributed by atoms with E-state index in [4.69, 9.17) is 4.74 Å². The van der Waals surface area contributed by atoms with Gasteiger partial charge in [-0.15, -0.1) is 0 Å². The number of nitrogens with one attached hydrogen (secondary N) is 2. The van der Waals surface area contributed by atoms with Gasteiger partial charge in [0.2, 0.25) is 11.8 Å². The van der Waals surface area contributed by atoms with Crippen LogP contribution < -0.4 is 15.5 Å². The first-order chi connectivity index (χ1) is 14.8. The Morgan fingerprint density at radius 3 is 2.55 bits per heavy atom. The average Bonchev–Trinajstić information content (AvgIpc) is 2.73. The van der Waals surface area contributed by atoms with Crippen molar-refractivity contribution in [2.75, 3.05) is 11.9 Å². The highest BCUT2D eigenvalue weighted by Crippen LogP contribution is 2.30. The summed E-state index contributed by atoms with van der Waals surface area (Å²) in [4.78, 5) is 23.8. The van der Waals surface area contributed by atoms with Gasteiger partial charge in [-0.3, -0.25) is 9.59 Å². The fraction of sp³-hybridized carbons (Fsp3) is 0.318. The molecule has 2 aromatic rings. The summed E-state index contributed by atoms with van der Waals surface area (Å²) < 4.78 is 43.8. The topological polar surface area (TPSA) is 79.8 Å². The van der Waals surface area contributed by atoms with Gasteiger partial charge < -0.3 is 10.1 Å². The molecule has 0 unspecified atom stereocenters. The van der Waals surface area contributed by atoms with Crippen LogP contribution in [0.5, 0.6) is 5.75 Å². The molecule has 166 valence electrons. The van der Waals surface area contributed by atoms with Crippen molar-refractivity contribution >= 4 is 23.7 Å². The summed E-state index contributed by atoms with van der Waals surface area (Å²) in [6.45, 7) is 2.64. The number of hydrogen-bond acceptors (Lipinski definition) is 4. The molecule has 0 saturated heterocycles. The molecule has 31 heavy (non-hydrogen) atoms. The number of alkyl halides is 3. The van der Waals surface area contributed by atoms with Crippen molar-refractivity contribution in [3.8, 4) is 5.75 Å². The second-order valence-corrected chi connectivity index (χ2v) is 6.66. The second kappa shape index (κ2) is 11.7. The molecule has 0 bridgehead atoms. The number of hydrogen-bond donors (Lipinski definition) is 2. The van der Waals surface area contributed by atoms with Crippen LogP contribution in [0.15, 0.2) is 53.6 Å². The molecule has 6 nitrogen and oxygen atoms in total. The monoisotopic (exact) mass is 435 g/mol. The van der Waals surface area contributed by atoms with E-state index in [1.807, 2.05) is 12.1 Å². The summed E-state index contributed by atoms with van der Waals surface area (Å²) in [5.41, 5.74) is 2.16. The predicted octanol–water partition coefficient (Wildman–Crippen LogP) is 4.75. The Bertz CT molecular complexity index is 914. The maximum atomic E-state index is 12.7. The lowest BCUT2D eigenvalue weighted by Gasteiger charge is -2.09. The van der Waals surface area contributed by atoms with E-state index in [0.717, 1.165) is 25.0 Å². The number of nitrogens with zero attached hydrogens (tertiary/aromatic N) is 1. The van der Waals surface area contributed by atoms with Crippen molar-refractivity contribution in [3.63, 3.8) is 0 Å². The molecular formula is C22H24F3N3O3. The van der Waals surface area contributed by atoms with E-state index >= 15 is 0 Å². The van der Waals surface area contributed by atoms with Crippen molar-refractivity contribution in [1.82, 2.24) is 5.43 Å². The Morgan fingerprint density at radius 2 is 1.81 bits per heavy atom. The van der Waals surface area contributed by atoms with Crippen LogP contribution in [0.4, 0.5) is 18.9 Å². The lowest BCUT2D eigenvalue weighted by molar-refractivity contribution is -0.137. The van der Waals surface area contributed by atoms with Crippen LogP contribution in [0, 0.1) is 0 Å². The highest BCUT2D eigenvalue weighted by molar-refractivity contribution is 5.93. The summed E-state index contributed by atoms with van der Waals surface area (Å²) in [6, 6.07) is 11.5. The Kier molecular flexibility index (Phi) is 9.05. The number of ether oxygens (including phenoxy) is 1. The van der Waals surface area contributed by atoms with E-state index in [9.17, 15) is 22.8 Å². The molecule has 2 N–H and O–H groups in total. The van der Waals surface area contributed by atoms with Gasteiger partial charge in [0.15, 0.2) is 0 Å². The Balaban J connectivity index is 1.80. The third-order valence-electron chi connectivity index (χ3n) is 4.12. The Morgan fingerprint density at radius 1 is 1.06 bits per heavy atom. The van der Waals surface area contributed by atoms with E-state index in [2.05, 4.69) is 22.8 Å². The fourth-order valence-corrected chi connectivity index (χ4v) is 2.50. The van der Waals surface area contributed by atoms with Crippen LogP contribution in [0.25, 0.3) is 0 Å². The Hall–Kier alpha value is -3.36. The molecule has 0 aliphatic heterocycles. The third kappa shape index (κ3) is 8.49. The number of benzene rings is 2. The summed E-state index contributed by atoms with van der Waals surface area (Å²) >= 11 is 0. The first kappa shape index (κ1) is 23.9. The van der Waals surface area contributed by atoms with Gasteiger partial charge in [-0.25, -0.2) is 5.43 Å². The second-order valence-electron chi connectivity index (χ2n) is 6.66. The van der Waals surface area contributed by atoms with Crippen molar-refractivity contribution in [3.05, 3.63) is 59.7 Å². The maximum Gasteiger partial charge on any atom is 0.416 e. The van der Waals surface area contributed by atoms with Crippen molar-refractivity contribution in [1.29, 1.82) is 0 Å². The SMILES string of the molecule is CCCCOc1ccccc1C=NNC(=O)CCC(=O)Nc1cccc(C(F)(F)F)c1. The van der Waals surface area contributed by atoms with Crippen LogP contribution in [0.2, 0.25) is 0 Å². The van der Waals surface area contributed by atoms with Gasteiger partial charge in [0.1, 0.15) is 5.75 Å². The molecule has 9 heteroatoms. The minimum absolute atomic E-state index is 0.0120. The van der Waals surface area contributed by atoms with Gasteiger partial charge in [-0.2, -0.15) is 18.3 Å². The molecule has 0 aromatic heterocycles. The number of amides is 2. The number of para-hydroxylation sites is 1. The van der Waals surface area contributed by atoms with Crippen LogP contribution in [-0.4, -0.2) is 24.6 Å². The zero-order chi connectivity index (χ0) is 22.7. The first-order valence-corrected chi connectivity index (χ1v) is 9.80. The van der Waals surface area contributed by atoms with Crippen molar-refractivity contribution in [2.45, 2.75) is 38.8 Å². The summed E-state index contributed by atoms with van der Waals surface area (Å²) in [5.74, 6) is -0.428. The smallest absolute Gasteiger partial charge is 0.416 e. The minimum Gasteiger partial charge on any atom is -0.493 e. The molecule has 2 rings (SSSR count). The van der Waals surface area contributed by atoms with E-state index in [1.165, 1.54) is 18.3 Å². The molecule has 0 atom stereocenters. The molecule has 0 aliphatic carbocycles. The number of unbranched alkanes of at least 4 members (excludes halogenated alkanes) is 1. The zero-order valence-corrected chi connectivity index (χ0v) is 17.0. The largest absolute Gasteiger partial charge is 0.493 e. The molecule has 0 fully saturated rings. The number of anilines is 1. The van der Waals surface area contributed by atoms with E-state index < -0.39 is 23.6 Å². The molecule has 0 spiro atoms. The number of carbonyl (C=O) groups excluding carboxylic acids is 2. The average molecular weight is 435 g/mol. The van der Waals surface area contributed by atoms with Crippen LogP contribution >= 0.6 is 0 Å². The summed E-state index contributed by atoms with van der Waals surface area (Å²) in [7, 11) is 0. The molecule has 2 aromatic carbocycles. The first-order valence-electron chi connectivity index (χ1n) is 9.80. The summed E-state index contributed by atoms with van der Waals surface area (Å²) in [5, 5.41) is 6.22. The minimum atomic E-state index is -4.50. The third-order valence-corrected chi connectivity index (χ3v) is 4.12. The molecule has 0 saturated carbocycles. The standard InChI is InChI=1S/C22H24F3N3O3/c1-2-3-13-31-19-10-5-4-7-16(19)15-26-28-21(30)12-11-20(29)27-18-9-6-8-17(14-18)22(23,24)25/h4-10,14-15H,2-3,11-13H2,1H3,(H,27,29)(H,28,30). The van der Waals surface area contributed by atoms with Gasteiger partial charge in [0.25, 0.3) is 0 Å². The normalized spacial score (nSPS) is 11.4. The molecule has 0 heterocycles. The lowest BCUT2D eigenvalue weighted by atomic mass is 10.2. The predicted molar refractivity (Wildman–Crippen MR) is 112 cm³/mol. The van der Waals surface area contributed by atoms with E-state index in [-0.39, 0.29) is 18.5 Å². The van der Waals surface area contributed by atoms with Crippen molar-refractivity contribution in [2.24, 2.45) is 5.10 Å². The van der Waals surface area contributed by atoms with Crippen LogP contribution in [0.3, 0.4) is 0 Å². The van der Waals surface area contributed by atoms with Gasteiger partial charge >= 0.3 is 6.18 Å². The molecule has 0 aliphatic rings. The van der Waals surface area contributed by atoms with Crippen molar-refractivity contribution < 1.29 is 27.5 Å². The molecular weight excluding hydrogens is 411 g/mol. The van der Waals surface area contributed by atoms with Gasteiger partial charge in [-0.05, 0) is 36.8 Å². The highest BCUT2D eigenvalue weighted by atomic mass is 19.4. The highest BCUT2D eigenvalue weighted by Gasteiger charge is 2.30. The fourth-order valence-electron chi connectivity index (χ4n) is 2.50. The molecule has 0 radical (unpaired) electrons. The van der Waals surface area contributed by atoms with Gasteiger partial charge in [-0.1, -0.05) is 31.5 Å². The number of hydrazone groups is 1. The van der Waals surface area contributed by atoms with E-state index in [0.29, 0.717) is 17.9 Å². The van der Waals surface area contributed by atoms with Crippen LogP contribution in [-0.2, 0) is 15.8 Å². The van der Waals surface area contributed by atoms with Crippen LogP contribution in [0.1, 0.15) is 43.7 Å².